The lowest BCUT2D eigenvalue weighted by Gasteiger charge is -2.48. The average molecular weight is 451 g/mol. The maximum Gasteiger partial charge on any atom is 0.282 e. The predicted octanol–water partition coefficient (Wildman–Crippen LogP) is 3.23. The maximum atomic E-state index is 13.1. The Morgan fingerprint density at radius 1 is 0.844 bits per heavy atom. The van der Waals surface area contributed by atoms with Crippen molar-refractivity contribution in [1.82, 2.24) is 19.7 Å². The molecule has 2 aromatic carbocycles. The van der Waals surface area contributed by atoms with Crippen molar-refractivity contribution in [3.8, 4) is 11.1 Å². The van der Waals surface area contributed by atoms with E-state index in [0.717, 1.165) is 24.2 Å². The third-order valence-corrected chi connectivity index (χ3v) is 6.95. The van der Waals surface area contributed by atoms with Gasteiger partial charge in [-0.15, -0.1) is 11.3 Å². The van der Waals surface area contributed by atoms with Crippen LogP contribution in [0.5, 0.6) is 0 Å². The molecule has 8 heteroatoms. The molecule has 2 fully saturated rings. The fourth-order valence-electron chi connectivity index (χ4n) is 4.24. The molecule has 0 atom stereocenters. The minimum absolute atomic E-state index is 0.00847. The third-order valence-electron chi connectivity index (χ3n) is 6.19. The van der Waals surface area contributed by atoms with Gasteiger partial charge in [-0.1, -0.05) is 24.3 Å². The summed E-state index contributed by atoms with van der Waals surface area (Å²) in [6.45, 7) is 4.42. The van der Waals surface area contributed by atoms with Gasteiger partial charge in [0.25, 0.3) is 11.8 Å². The Bertz CT molecular complexity index is 1090. The topological polar surface area (TPSA) is 56.8 Å². The monoisotopic (exact) mass is 450 g/mol. The number of thiazole rings is 1. The molecule has 0 spiro atoms. The lowest BCUT2D eigenvalue weighted by atomic mass is 10.0. The Kier molecular flexibility index (Phi) is 5.71. The number of carbonyl (C=O) groups excluding carboxylic acids is 2. The fraction of sp³-hybridized carbons (Fsp3) is 0.292. The van der Waals surface area contributed by atoms with Gasteiger partial charge in [-0.25, -0.2) is 9.37 Å². The van der Waals surface area contributed by atoms with Crippen molar-refractivity contribution in [3.05, 3.63) is 76.5 Å². The molecule has 0 radical (unpaired) electrons. The Balaban J connectivity index is 1.12. The molecule has 5 rings (SSSR count). The lowest BCUT2D eigenvalue weighted by molar-refractivity contribution is 0.00853. The fourth-order valence-corrected chi connectivity index (χ4v) is 4.84. The summed E-state index contributed by atoms with van der Waals surface area (Å²) in [6.07, 6.45) is 1.66. The van der Waals surface area contributed by atoms with Gasteiger partial charge in [0.05, 0.1) is 0 Å². The van der Waals surface area contributed by atoms with E-state index in [9.17, 15) is 14.0 Å². The Morgan fingerprint density at radius 3 is 2.06 bits per heavy atom. The number of benzene rings is 2. The first-order valence-corrected chi connectivity index (χ1v) is 11.5. The molecule has 6 nitrogen and oxygen atoms in total. The molecule has 0 bridgehead atoms. The molecule has 1 aromatic heterocycles. The van der Waals surface area contributed by atoms with Crippen LogP contribution >= 0.6 is 11.3 Å². The summed E-state index contributed by atoms with van der Waals surface area (Å²) in [7, 11) is 0. The van der Waals surface area contributed by atoms with E-state index in [-0.39, 0.29) is 17.6 Å². The second-order valence-corrected chi connectivity index (χ2v) is 9.01. The number of hydrogen-bond acceptors (Lipinski definition) is 5. The molecule has 32 heavy (non-hydrogen) atoms. The first kappa shape index (κ1) is 20.8. The van der Waals surface area contributed by atoms with Crippen molar-refractivity contribution in [2.75, 3.05) is 39.3 Å². The third kappa shape index (κ3) is 4.16. The Hall–Kier alpha value is -3.10. The van der Waals surface area contributed by atoms with Crippen LogP contribution in [0.3, 0.4) is 0 Å². The van der Waals surface area contributed by atoms with Gasteiger partial charge in [-0.2, -0.15) is 0 Å². The number of piperazine rings is 1. The van der Waals surface area contributed by atoms with E-state index in [1.165, 1.54) is 23.5 Å². The molecule has 0 N–H and O–H groups in total. The molecule has 2 aliphatic rings. The Morgan fingerprint density at radius 2 is 1.47 bits per heavy atom. The molecule has 0 aliphatic carbocycles. The van der Waals surface area contributed by atoms with Gasteiger partial charge in [0.1, 0.15) is 5.82 Å². The zero-order chi connectivity index (χ0) is 22.1. The van der Waals surface area contributed by atoms with Gasteiger partial charge >= 0.3 is 0 Å². The van der Waals surface area contributed by atoms with Crippen molar-refractivity contribution in [3.63, 3.8) is 0 Å². The first-order valence-electron chi connectivity index (χ1n) is 10.7. The molecular weight excluding hydrogens is 427 g/mol. The summed E-state index contributed by atoms with van der Waals surface area (Å²) in [4.78, 5) is 35.5. The summed E-state index contributed by atoms with van der Waals surface area (Å²) < 4.78 is 13.1. The average Bonchev–Trinajstić information content (AvgIpc) is 3.34. The van der Waals surface area contributed by atoms with E-state index in [1.807, 2.05) is 39.4 Å². The molecule has 3 aromatic rings. The van der Waals surface area contributed by atoms with Gasteiger partial charge in [0.2, 0.25) is 0 Å². The van der Waals surface area contributed by atoms with Crippen molar-refractivity contribution < 1.29 is 14.0 Å². The van der Waals surface area contributed by atoms with Crippen LogP contribution in [-0.4, -0.2) is 76.8 Å². The number of carbonyl (C=O) groups is 2. The quantitative estimate of drug-likeness (QED) is 0.613. The summed E-state index contributed by atoms with van der Waals surface area (Å²) in [5, 5.41) is 2.36. The van der Waals surface area contributed by atoms with Gasteiger partial charge < -0.3 is 9.80 Å². The highest BCUT2D eigenvalue weighted by Crippen LogP contribution is 2.23. The lowest BCUT2D eigenvalue weighted by Crippen LogP contribution is -2.64. The molecule has 164 valence electrons. The highest BCUT2D eigenvalue weighted by atomic mass is 32.1. The van der Waals surface area contributed by atoms with Crippen LogP contribution in [0.2, 0.25) is 0 Å². The zero-order valence-electron chi connectivity index (χ0n) is 17.5. The van der Waals surface area contributed by atoms with Gasteiger partial charge in [-0.3, -0.25) is 14.5 Å². The van der Waals surface area contributed by atoms with E-state index >= 15 is 0 Å². The molecule has 0 saturated carbocycles. The number of rotatable bonds is 4. The number of amides is 2. The molecule has 3 heterocycles. The summed E-state index contributed by atoms with van der Waals surface area (Å²) in [6, 6.07) is 14.1. The smallest absolute Gasteiger partial charge is 0.282 e. The van der Waals surface area contributed by atoms with E-state index in [4.69, 9.17) is 0 Å². The van der Waals surface area contributed by atoms with Crippen molar-refractivity contribution >= 4 is 23.2 Å². The standard InChI is InChI=1S/C24H23FN4O2S/c25-20-7-5-18(6-8-20)17-1-3-19(4-2-17)23(30)29-15-21(16-29)27-10-12-28(13-11-27)24(31)22-26-9-14-32-22/h1-9,14,21H,10-13,15-16H2. The Labute approximate surface area is 189 Å². The van der Waals surface area contributed by atoms with Crippen LogP contribution in [0.25, 0.3) is 11.1 Å². The largest absolute Gasteiger partial charge is 0.335 e. The summed E-state index contributed by atoms with van der Waals surface area (Å²) >= 11 is 1.37. The van der Waals surface area contributed by atoms with Crippen LogP contribution in [0.1, 0.15) is 20.2 Å². The van der Waals surface area contributed by atoms with Gasteiger partial charge in [0, 0.05) is 62.5 Å². The molecular formula is C24H23FN4O2S. The minimum atomic E-state index is -0.264. The number of likely N-dealkylation sites (tertiary alicyclic amines) is 1. The maximum absolute atomic E-state index is 13.1. The van der Waals surface area contributed by atoms with Crippen LogP contribution in [0.15, 0.2) is 60.1 Å². The van der Waals surface area contributed by atoms with E-state index < -0.39 is 0 Å². The van der Waals surface area contributed by atoms with E-state index in [2.05, 4.69) is 9.88 Å². The molecule has 2 aliphatic heterocycles. The number of nitrogens with zero attached hydrogens (tertiary/aromatic N) is 4. The molecule has 2 amide bonds. The van der Waals surface area contributed by atoms with Gasteiger partial charge in [0.15, 0.2) is 5.01 Å². The first-order chi connectivity index (χ1) is 15.6. The van der Waals surface area contributed by atoms with Gasteiger partial charge in [-0.05, 0) is 35.4 Å². The zero-order valence-corrected chi connectivity index (χ0v) is 18.3. The second-order valence-electron chi connectivity index (χ2n) is 8.11. The van der Waals surface area contributed by atoms with E-state index in [0.29, 0.717) is 42.8 Å². The highest BCUT2D eigenvalue weighted by molar-refractivity contribution is 7.11. The normalized spacial score (nSPS) is 17.3. The van der Waals surface area contributed by atoms with Crippen molar-refractivity contribution in [1.29, 1.82) is 0 Å². The molecule has 0 unspecified atom stereocenters. The second kappa shape index (κ2) is 8.80. The van der Waals surface area contributed by atoms with Crippen LogP contribution < -0.4 is 0 Å². The summed E-state index contributed by atoms with van der Waals surface area (Å²) in [5.74, 6) is -0.223. The van der Waals surface area contributed by atoms with Crippen molar-refractivity contribution in [2.24, 2.45) is 0 Å². The van der Waals surface area contributed by atoms with Crippen LogP contribution in [0, 0.1) is 5.82 Å². The number of hydrogen-bond donors (Lipinski definition) is 0. The van der Waals surface area contributed by atoms with Crippen LogP contribution in [0.4, 0.5) is 4.39 Å². The van der Waals surface area contributed by atoms with Crippen LogP contribution in [-0.2, 0) is 0 Å². The summed E-state index contributed by atoms with van der Waals surface area (Å²) in [5.41, 5.74) is 2.53. The highest BCUT2D eigenvalue weighted by Gasteiger charge is 2.37. The van der Waals surface area contributed by atoms with Crippen molar-refractivity contribution in [2.45, 2.75) is 6.04 Å². The number of aromatic nitrogens is 1. The molecule has 2 saturated heterocycles. The predicted molar refractivity (Wildman–Crippen MR) is 121 cm³/mol. The number of halogens is 1. The van der Waals surface area contributed by atoms with E-state index in [1.54, 1.807) is 18.3 Å². The minimum Gasteiger partial charge on any atom is -0.335 e. The SMILES string of the molecule is O=C(c1ccc(-c2ccc(F)cc2)cc1)N1CC(N2CCN(C(=O)c3nccs3)CC2)C1.